The molecule has 32 heavy (non-hydrogen) atoms. The topological polar surface area (TPSA) is 25.2 Å². The molecule has 1 aromatic heterocycles. The number of benzene rings is 1. The number of carbonyl (C=O) groups is 1. The summed E-state index contributed by atoms with van der Waals surface area (Å²) in [6.45, 7) is 4.46. The van der Waals surface area contributed by atoms with E-state index in [2.05, 4.69) is 34.7 Å². The molecule has 6 rings (SSSR count). The maximum atomic E-state index is 14.1. The Hall–Kier alpha value is -2.10. The molecule has 4 saturated carbocycles. The number of amides is 1. The third kappa shape index (κ3) is 4.38. The van der Waals surface area contributed by atoms with Crippen LogP contribution in [0.15, 0.2) is 42.6 Å². The van der Waals surface area contributed by atoms with Gasteiger partial charge in [-0.2, -0.15) is 0 Å². The normalized spacial score (nSPS) is 28.2. The first-order chi connectivity index (χ1) is 15.5. The number of rotatable bonds is 9. The van der Waals surface area contributed by atoms with Crippen LogP contribution in [0.25, 0.3) is 0 Å². The summed E-state index contributed by atoms with van der Waals surface area (Å²) in [4.78, 5) is 16.3. The lowest BCUT2D eigenvalue weighted by molar-refractivity contribution is -0.158. The molecule has 2 aromatic rings. The molecule has 3 nitrogen and oxygen atoms in total. The molecule has 0 unspecified atom stereocenters. The van der Waals surface area contributed by atoms with Crippen molar-refractivity contribution in [2.24, 2.45) is 23.2 Å². The third-order valence-electron chi connectivity index (χ3n) is 8.35. The number of nitrogens with zero attached hydrogens (tertiary/aromatic N) is 2. The average molecular weight is 437 g/mol. The predicted octanol–water partition coefficient (Wildman–Crippen LogP) is 6.41. The second-order valence-electron chi connectivity index (χ2n) is 10.9. The third-order valence-corrected chi connectivity index (χ3v) is 8.35. The molecular formula is C28H37FN2O. The van der Waals surface area contributed by atoms with E-state index in [0.29, 0.717) is 19.0 Å². The number of halogens is 1. The minimum atomic E-state index is -0.204. The average Bonchev–Trinajstić information content (AvgIpc) is 3.20. The van der Waals surface area contributed by atoms with E-state index in [1.54, 1.807) is 0 Å². The van der Waals surface area contributed by atoms with Gasteiger partial charge in [0, 0.05) is 25.0 Å². The van der Waals surface area contributed by atoms with Crippen molar-refractivity contribution in [2.75, 3.05) is 6.54 Å². The zero-order valence-corrected chi connectivity index (χ0v) is 19.4. The number of hydrogen-bond donors (Lipinski definition) is 0. The van der Waals surface area contributed by atoms with E-state index >= 15 is 0 Å². The van der Waals surface area contributed by atoms with Crippen molar-refractivity contribution in [3.05, 3.63) is 59.7 Å². The molecular weight excluding hydrogens is 399 g/mol. The van der Waals surface area contributed by atoms with Gasteiger partial charge in [0.05, 0.1) is 12.0 Å². The van der Waals surface area contributed by atoms with Crippen LogP contribution in [0.1, 0.15) is 76.0 Å². The molecule has 4 heteroatoms. The highest BCUT2D eigenvalue weighted by Gasteiger charge is 2.55. The summed E-state index contributed by atoms with van der Waals surface area (Å²) in [6.07, 6.45) is 13.0. The molecule has 4 aliphatic rings. The van der Waals surface area contributed by atoms with Gasteiger partial charge >= 0.3 is 0 Å². The molecule has 1 heterocycles. The lowest BCUT2D eigenvalue weighted by Crippen LogP contribution is -2.54. The summed E-state index contributed by atoms with van der Waals surface area (Å²) >= 11 is 0. The van der Waals surface area contributed by atoms with Gasteiger partial charge in [0.1, 0.15) is 5.82 Å². The van der Waals surface area contributed by atoms with Crippen molar-refractivity contribution in [3.8, 4) is 0 Å². The maximum Gasteiger partial charge on any atom is 0.229 e. The lowest BCUT2D eigenvalue weighted by Gasteiger charge is -2.56. The number of unbranched alkanes of at least 4 members (excludes halogenated alkanes) is 2. The minimum Gasteiger partial charge on any atom is -0.345 e. The van der Waals surface area contributed by atoms with E-state index in [4.69, 9.17) is 0 Å². The fraction of sp³-hybridized carbons (Fsp3) is 0.607. The van der Waals surface area contributed by atoms with Crippen LogP contribution in [0.2, 0.25) is 0 Å². The van der Waals surface area contributed by atoms with Gasteiger partial charge < -0.3 is 9.47 Å². The van der Waals surface area contributed by atoms with Crippen LogP contribution in [-0.2, 0) is 17.9 Å². The second-order valence-corrected chi connectivity index (χ2v) is 10.9. The molecule has 0 radical (unpaired) electrons. The van der Waals surface area contributed by atoms with Gasteiger partial charge in [-0.25, -0.2) is 4.39 Å². The van der Waals surface area contributed by atoms with Crippen LogP contribution in [0.5, 0.6) is 0 Å². The fourth-order valence-electron chi connectivity index (χ4n) is 7.24. The smallest absolute Gasteiger partial charge is 0.229 e. The van der Waals surface area contributed by atoms with E-state index in [1.807, 2.05) is 12.1 Å². The summed E-state index contributed by atoms with van der Waals surface area (Å²) in [6, 6.07) is 10.9. The van der Waals surface area contributed by atoms with Gasteiger partial charge in [0.15, 0.2) is 0 Å². The highest BCUT2D eigenvalue weighted by atomic mass is 19.1. The van der Waals surface area contributed by atoms with Gasteiger partial charge in [-0.05, 0) is 92.5 Å². The highest BCUT2D eigenvalue weighted by molar-refractivity contribution is 5.83. The molecule has 0 aliphatic heterocycles. The van der Waals surface area contributed by atoms with E-state index in [9.17, 15) is 9.18 Å². The zero-order valence-electron chi connectivity index (χ0n) is 19.4. The van der Waals surface area contributed by atoms with Crippen LogP contribution < -0.4 is 0 Å². The summed E-state index contributed by atoms with van der Waals surface area (Å²) in [5, 5.41) is 0. The molecule has 4 fully saturated rings. The quantitative estimate of drug-likeness (QED) is 0.417. The Bertz CT molecular complexity index is 896. The van der Waals surface area contributed by atoms with Gasteiger partial charge in [-0.1, -0.05) is 31.9 Å². The van der Waals surface area contributed by atoms with Crippen molar-refractivity contribution in [2.45, 2.75) is 77.8 Å². The molecule has 4 aliphatic carbocycles. The van der Waals surface area contributed by atoms with Gasteiger partial charge in [0.25, 0.3) is 0 Å². The van der Waals surface area contributed by atoms with Gasteiger partial charge in [-0.3, -0.25) is 4.79 Å². The molecule has 0 atom stereocenters. The Morgan fingerprint density at radius 1 is 1.03 bits per heavy atom. The van der Waals surface area contributed by atoms with E-state index in [-0.39, 0.29) is 11.2 Å². The zero-order chi connectivity index (χ0) is 22.1. The van der Waals surface area contributed by atoms with Crippen LogP contribution in [0.3, 0.4) is 0 Å². The Labute approximate surface area is 192 Å². The Balaban J connectivity index is 1.34. The van der Waals surface area contributed by atoms with Crippen LogP contribution in [-0.4, -0.2) is 21.9 Å². The summed E-state index contributed by atoms with van der Waals surface area (Å²) in [5.74, 6) is 2.58. The first-order valence-corrected chi connectivity index (χ1v) is 12.7. The Morgan fingerprint density at radius 3 is 2.31 bits per heavy atom. The van der Waals surface area contributed by atoms with Crippen molar-refractivity contribution in [1.82, 2.24) is 9.47 Å². The second kappa shape index (κ2) is 9.03. The minimum absolute atomic E-state index is 0.0880. The molecule has 4 bridgehead atoms. The van der Waals surface area contributed by atoms with E-state index in [0.717, 1.165) is 55.5 Å². The number of hydrogen-bond acceptors (Lipinski definition) is 1. The largest absolute Gasteiger partial charge is 0.345 e. The monoisotopic (exact) mass is 436 g/mol. The SMILES string of the molecule is CCCCCN(Cc1cccn1Cc1ccc(F)cc1)C(=O)C12CC3CC(CC(C3)C1)C2. The van der Waals surface area contributed by atoms with Gasteiger partial charge in [-0.15, -0.1) is 0 Å². The number of carbonyl (C=O) groups excluding carboxylic acids is 1. The first-order valence-electron chi connectivity index (χ1n) is 12.7. The molecule has 1 aromatic carbocycles. The summed E-state index contributed by atoms with van der Waals surface area (Å²) < 4.78 is 15.5. The molecule has 0 saturated heterocycles. The molecule has 1 amide bonds. The van der Waals surface area contributed by atoms with E-state index < -0.39 is 0 Å². The predicted molar refractivity (Wildman–Crippen MR) is 125 cm³/mol. The van der Waals surface area contributed by atoms with Crippen LogP contribution in [0.4, 0.5) is 4.39 Å². The lowest BCUT2D eigenvalue weighted by atomic mass is 9.49. The van der Waals surface area contributed by atoms with Crippen molar-refractivity contribution in [1.29, 1.82) is 0 Å². The highest BCUT2D eigenvalue weighted by Crippen LogP contribution is 2.60. The fourth-order valence-corrected chi connectivity index (χ4v) is 7.24. The van der Waals surface area contributed by atoms with Crippen molar-refractivity contribution < 1.29 is 9.18 Å². The van der Waals surface area contributed by atoms with E-state index in [1.165, 1.54) is 49.9 Å². The summed E-state index contributed by atoms with van der Waals surface area (Å²) in [5.41, 5.74) is 2.16. The van der Waals surface area contributed by atoms with Gasteiger partial charge in [0.2, 0.25) is 5.91 Å². The first kappa shape index (κ1) is 21.7. The van der Waals surface area contributed by atoms with Crippen molar-refractivity contribution >= 4 is 5.91 Å². The molecule has 0 spiro atoms. The maximum absolute atomic E-state index is 14.1. The van der Waals surface area contributed by atoms with Crippen LogP contribution in [0, 0.1) is 29.0 Å². The Morgan fingerprint density at radius 2 is 1.69 bits per heavy atom. The molecule has 172 valence electrons. The summed E-state index contributed by atoms with van der Waals surface area (Å²) in [7, 11) is 0. The number of aromatic nitrogens is 1. The van der Waals surface area contributed by atoms with Crippen molar-refractivity contribution in [3.63, 3.8) is 0 Å². The molecule has 0 N–H and O–H groups in total. The standard InChI is InChI=1S/C28H37FN2O/c1-2-3-4-11-31(27(32)28-16-22-13-23(17-28)15-24(14-22)18-28)20-26-6-5-12-30(26)19-21-7-9-25(29)10-8-21/h5-10,12,22-24H,2-4,11,13-20H2,1H3. The Kier molecular flexibility index (Phi) is 6.14. The van der Waals surface area contributed by atoms with Crippen LogP contribution >= 0.6 is 0 Å².